The Labute approximate surface area is 204 Å². The van der Waals surface area contributed by atoms with Crippen molar-refractivity contribution in [3.63, 3.8) is 0 Å². The summed E-state index contributed by atoms with van der Waals surface area (Å²) in [5.41, 5.74) is -0.214. The highest BCUT2D eigenvalue weighted by molar-refractivity contribution is 5.90. The summed E-state index contributed by atoms with van der Waals surface area (Å²) in [6, 6.07) is 7.32. The van der Waals surface area contributed by atoms with Crippen LogP contribution in [0.2, 0.25) is 0 Å². The van der Waals surface area contributed by atoms with Gasteiger partial charge in [-0.15, -0.1) is 0 Å². The van der Waals surface area contributed by atoms with Gasteiger partial charge in [-0.3, -0.25) is 9.69 Å². The van der Waals surface area contributed by atoms with E-state index in [1.165, 1.54) is 12.1 Å². The predicted octanol–water partition coefficient (Wildman–Crippen LogP) is 7.35. The molecule has 1 atom stereocenters. The summed E-state index contributed by atoms with van der Waals surface area (Å²) in [6.07, 6.45) is 4.77. The molecule has 1 N–H and O–H groups in total. The lowest BCUT2D eigenvalue weighted by Gasteiger charge is -2.48. The molecule has 2 aliphatic heterocycles. The lowest BCUT2D eigenvalue weighted by atomic mass is 9.82. The molecule has 4 nitrogen and oxygen atoms in total. The Morgan fingerprint density at radius 3 is 2.17 bits per heavy atom. The number of fused-ring (bicyclic) bond motifs is 3. The van der Waals surface area contributed by atoms with Gasteiger partial charge in [0.2, 0.25) is 0 Å². The zero-order chi connectivity index (χ0) is 24.7. The van der Waals surface area contributed by atoms with Crippen LogP contribution in [-0.4, -0.2) is 34.2 Å². The molecule has 3 aliphatic rings. The minimum atomic E-state index is -4.57. The van der Waals surface area contributed by atoms with Crippen LogP contribution in [0.4, 0.5) is 13.2 Å². The molecule has 7 heteroatoms. The second-order valence-electron chi connectivity index (χ2n) is 10.8. The Hall–Kier alpha value is -2.28. The third-order valence-corrected chi connectivity index (χ3v) is 8.39. The van der Waals surface area contributed by atoms with E-state index >= 15 is 0 Å². The topological polar surface area (TPSA) is 49.8 Å². The minimum Gasteiger partial charge on any atom is -0.490 e. The number of hydrogen-bond donors (Lipinski definition) is 1. The largest absolute Gasteiger partial charge is 0.490 e. The summed E-state index contributed by atoms with van der Waals surface area (Å²) in [5.74, 6) is -0.489. The minimum absolute atomic E-state index is 0.0610. The quantitative estimate of drug-likeness (QED) is 0.477. The highest BCUT2D eigenvalue weighted by Crippen LogP contribution is 2.45. The molecular weight excluding hydrogens is 455 g/mol. The van der Waals surface area contributed by atoms with E-state index in [-0.39, 0.29) is 29.3 Å². The second kappa shape index (κ2) is 9.64. The first-order valence-corrected chi connectivity index (χ1v) is 13.0. The molecule has 190 valence electrons. The number of hydrogen-bond acceptors (Lipinski definition) is 3. The molecular formula is C28H34F3NO3. The summed E-state index contributed by atoms with van der Waals surface area (Å²) in [5, 5.41) is 10.7. The van der Waals surface area contributed by atoms with E-state index in [4.69, 9.17) is 4.74 Å². The maximum absolute atomic E-state index is 14.2. The Kier molecular flexibility index (Phi) is 6.73. The molecule has 0 radical (unpaired) electrons. The van der Waals surface area contributed by atoms with Crippen LogP contribution in [0.15, 0.2) is 30.3 Å². The second-order valence-corrected chi connectivity index (χ2v) is 10.8. The third kappa shape index (κ3) is 4.89. The van der Waals surface area contributed by atoms with Crippen molar-refractivity contribution < 1.29 is 27.8 Å². The molecule has 3 fully saturated rings. The van der Waals surface area contributed by atoms with Crippen LogP contribution in [0.25, 0.3) is 10.8 Å². The summed E-state index contributed by atoms with van der Waals surface area (Å²) in [4.78, 5) is 14.6. The molecule has 1 saturated carbocycles. The van der Waals surface area contributed by atoms with E-state index in [1.54, 1.807) is 18.2 Å². The maximum atomic E-state index is 14.2. The monoisotopic (exact) mass is 489 g/mol. The van der Waals surface area contributed by atoms with E-state index in [2.05, 4.69) is 11.8 Å². The van der Waals surface area contributed by atoms with Crippen molar-refractivity contribution >= 4 is 16.7 Å². The Bertz CT molecular complexity index is 1060. The van der Waals surface area contributed by atoms with Crippen molar-refractivity contribution in [1.29, 1.82) is 0 Å². The van der Waals surface area contributed by atoms with E-state index in [0.29, 0.717) is 16.9 Å². The third-order valence-electron chi connectivity index (χ3n) is 8.39. The average molecular weight is 490 g/mol. The van der Waals surface area contributed by atoms with Crippen LogP contribution in [-0.2, 0) is 11.0 Å². The lowest BCUT2D eigenvalue weighted by Crippen LogP contribution is -2.53. The zero-order valence-electron chi connectivity index (χ0n) is 20.2. The van der Waals surface area contributed by atoms with Gasteiger partial charge in [-0.2, -0.15) is 13.2 Å². The van der Waals surface area contributed by atoms with Crippen LogP contribution in [0.3, 0.4) is 0 Å². The van der Waals surface area contributed by atoms with Crippen LogP contribution in [0, 0.1) is 5.92 Å². The number of benzene rings is 2. The number of halogens is 3. The van der Waals surface area contributed by atoms with Crippen molar-refractivity contribution in [1.82, 2.24) is 4.90 Å². The fourth-order valence-electron chi connectivity index (χ4n) is 6.64. The van der Waals surface area contributed by atoms with Crippen LogP contribution < -0.4 is 4.74 Å². The van der Waals surface area contributed by atoms with Crippen molar-refractivity contribution in [3.8, 4) is 5.75 Å². The van der Waals surface area contributed by atoms with Gasteiger partial charge in [-0.1, -0.05) is 38.0 Å². The standard InChI is InChI=1S/C28H34F3NO3/c1-17-8-12-22(13-9-17)35-24-15-11-18-16-19(10-14-23(18)25(24)28(29,30)31)26(27(33)34)32-20-4-2-5-21(32)7-3-6-20/h10-11,14-17,20-22,26H,2-9,12-13H2,1H3,(H,33,34). The first-order chi connectivity index (χ1) is 16.7. The van der Waals surface area contributed by atoms with Gasteiger partial charge in [0, 0.05) is 12.1 Å². The Balaban J connectivity index is 1.51. The number of carboxylic acid groups (broad SMARTS) is 1. The predicted molar refractivity (Wildman–Crippen MR) is 128 cm³/mol. The van der Waals surface area contributed by atoms with Crippen molar-refractivity contribution in [2.75, 3.05) is 0 Å². The Morgan fingerprint density at radius 2 is 1.60 bits per heavy atom. The van der Waals surface area contributed by atoms with Gasteiger partial charge < -0.3 is 9.84 Å². The molecule has 2 heterocycles. The normalized spacial score (nSPS) is 28.6. The fraction of sp³-hybridized carbons (Fsp3) is 0.607. The number of ether oxygens (including phenoxy) is 1. The first-order valence-electron chi connectivity index (χ1n) is 13.0. The van der Waals surface area contributed by atoms with Gasteiger partial charge in [0.25, 0.3) is 0 Å². The molecule has 2 bridgehead atoms. The lowest BCUT2D eigenvalue weighted by molar-refractivity contribution is -0.148. The van der Waals surface area contributed by atoms with Gasteiger partial charge in [0.15, 0.2) is 0 Å². The van der Waals surface area contributed by atoms with Crippen LogP contribution >= 0.6 is 0 Å². The van der Waals surface area contributed by atoms with Crippen LogP contribution in [0.1, 0.15) is 88.3 Å². The molecule has 5 rings (SSSR count). The number of rotatable bonds is 5. The molecule has 2 saturated heterocycles. The summed E-state index contributed by atoms with van der Waals surface area (Å²) < 4.78 is 48.6. The Morgan fingerprint density at radius 1 is 0.971 bits per heavy atom. The number of aliphatic carboxylic acids is 1. The van der Waals surface area contributed by atoms with E-state index < -0.39 is 23.8 Å². The number of carbonyl (C=O) groups is 1. The van der Waals surface area contributed by atoms with Crippen LogP contribution in [0.5, 0.6) is 5.75 Å². The van der Waals surface area contributed by atoms with Gasteiger partial charge in [0.1, 0.15) is 17.4 Å². The highest BCUT2D eigenvalue weighted by Gasteiger charge is 2.42. The summed E-state index contributed by atoms with van der Waals surface area (Å²) in [6.45, 7) is 2.16. The molecule has 0 aromatic heterocycles. The highest BCUT2D eigenvalue weighted by atomic mass is 19.4. The number of piperidine rings is 2. The molecule has 35 heavy (non-hydrogen) atoms. The SMILES string of the molecule is CC1CCC(Oc2ccc3cc(C(C(=O)O)N4C5CCCC4CCC5)ccc3c2C(F)(F)F)CC1. The number of alkyl halides is 3. The van der Waals surface area contributed by atoms with Crippen molar-refractivity contribution in [3.05, 3.63) is 41.5 Å². The molecule has 2 aromatic rings. The van der Waals surface area contributed by atoms with Crippen molar-refractivity contribution in [2.45, 2.75) is 102 Å². The fourth-order valence-corrected chi connectivity index (χ4v) is 6.64. The van der Waals surface area contributed by atoms with Gasteiger partial charge in [-0.05, 0) is 85.8 Å². The van der Waals surface area contributed by atoms with Crippen molar-refractivity contribution in [2.24, 2.45) is 5.92 Å². The average Bonchev–Trinajstić information content (AvgIpc) is 2.79. The maximum Gasteiger partial charge on any atom is 0.420 e. The van der Waals surface area contributed by atoms with Gasteiger partial charge in [0.05, 0.1) is 6.10 Å². The summed E-state index contributed by atoms with van der Waals surface area (Å²) in [7, 11) is 0. The van der Waals surface area contributed by atoms with E-state index in [1.807, 2.05) is 0 Å². The number of nitrogens with zero attached hydrogens (tertiary/aromatic N) is 1. The van der Waals surface area contributed by atoms with E-state index in [0.717, 1.165) is 64.2 Å². The molecule has 1 unspecified atom stereocenters. The molecule has 0 amide bonds. The number of carboxylic acids is 1. The first kappa shape index (κ1) is 24.4. The summed E-state index contributed by atoms with van der Waals surface area (Å²) >= 11 is 0. The molecule has 2 aromatic carbocycles. The molecule has 1 aliphatic carbocycles. The molecule has 0 spiro atoms. The van der Waals surface area contributed by atoms with E-state index in [9.17, 15) is 23.1 Å². The zero-order valence-corrected chi connectivity index (χ0v) is 20.2. The smallest absolute Gasteiger partial charge is 0.420 e. The van der Waals surface area contributed by atoms with Gasteiger partial charge in [-0.25, -0.2) is 0 Å². The van der Waals surface area contributed by atoms with Gasteiger partial charge >= 0.3 is 12.1 Å².